The molecule has 0 aliphatic carbocycles. The van der Waals surface area contributed by atoms with E-state index in [4.69, 9.17) is 9.84 Å². The summed E-state index contributed by atoms with van der Waals surface area (Å²) < 4.78 is 4.89. The number of rotatable bonds is 5. The van der Waals surface area contributed by atoms with Gasteiger partial charge in [0.05, 0.1) is 0 Å². The molecule has 1 atom stereocenters. The van der Waals surface area contributed by atoms with E-state index in [0.29, 0.717) is 0 Å². The van der Waals surface area contributed by atoms with Crippen LogP contribution in [-0.4, -0.2) is 31.0 Å². The Morgan fingerprint density at radius 3 is 2.70 bits per heavy atom. The Hall–Kier alpha value is -0.610. The molecule has 0 saturated heterocycles. The Balaban J connectivity index is 3.34. The molecule has 2 N–H and O–H groups in total. The third-order valence-corrected chi connectivity index (χ3v) is 1.10. The molecule has 0 rings (SSSR count). The first-order chi connectivity index (χ1) is 4.70. The average molecular weight is 147 g/mol. The van der Waals surface area contributed by atoms with Crippen molar-refractivity contribution in [2.75, 3.05) is 13.7 Å². The van der Waals surface area contributed by atoms with E-state index in [9.17, 15) is 4.79 Å². The summed E-state index contributed by atoms with van der Waals surface area (Å²) in [6.07, 6.45) is 0.625. The van der Waals surface area contributed by atoms with Gasteiger partial charge in [-0.15, -0.1) is 0 Å². The van der Waals surface area contributed by atoms with Gasteiger partial charge >= 0.3 is 5.97 Å². The van der Waals surface area contributed by atoms with Gasteiger partial charge in [0, 0.05) is 0 Å². The molecule has 1 unspecified atom stereocenters. The average Bonchev–Trinajstić information content (AvgIpc) is 1.90. The van der Waals surface area contributed by atoms with Gasteiger partial charge in [0.15, 0.2) is 0 Å². The Morgan fingerprint density at radius 1 is 1.80 bits per heavy atom. The number of ether oxygens (including phenoxy) is 1. The zero-order valence-electron chi connectivity index (χ0n) is 6.26. The largest absolute Gasteiger partial charge is 0.480 e. The predicted octanol–water partition coefficient (Wildman–Crippen LogP) is 0.0431. The van der Waals surface area contributed by atoms with Gasteiger partial charge in [-0.2, -0.15) is 0 Å². The van der Waals surface area contributed by atoms with Crippen molar-refractivity contribution >= 4 is 5.97 Å². The van der Waals surface area contributed by atoms with E-state index in [-0.39, 0.29) is 12.8 Å². The second kappa shape index (κ2) is 5.20. The lowest BCUT2D eigenvalue weighted by Crippen LogP contribution is -2.29. The maximum Gasteiger partial charge on any atom is 0.329 e. The van der Waals surface area contributed by atoms with Crippen LogP contribution in [-0.2, 0) is 9.53 Å². The van der Waals surface area contributed by atoms with E-state index >= 15 is 0 Å². The van der Waals surface area contributed by atoms with Gasteiger partial charge in [-0.1, -0.05) is 6.92 Å². The molecular weight excluding hydrogens is 134 g/mol. The molecule has 0 saturated carbocycles. The van der Waals surface area contributed by atoms with Crippen LogP contribution in [0.4, 0.5) is 0 Å². The van der Waals surface area contributed by atoms with Gasteiger partial charge in [-0.05, 0) is 13.5 Å². The number of hydrogen-bond donors (Lipinski definition) is 2. The zero-order valence-corrected chi connectivity index (χ0v) is 6.26. The number of aliphatic carboxylic acids is 1. The summed E-state index contributed by atoms with van der Waals surface area (Å²) in [6.45, 7) is 1.68. The first-order valence-electron chi connectivity index (χ1n) is 3.21. The molecule has 0 aromatic carbocycles. The molecule has 0 radical (unpaired) electrons. The third-order valence-electron chi connectivity index (χ3n) is 1.10. The number of hydrogen-bond acceptors (Lipinski definition) is 3. The van der Waals surface area contributed by atoms with Crippen molar-refractivity contribution in [3.63, 3.8) is 0 Å². The van der Waals surface area contributed by atoms with Gasteiger partial charge < -0.3 is 9.84 Å². The van der Waals surface area contributed by atoms with Crippen LogP contribution in [0.3, 0.4) is 0 Å². The molecule has 0 amide bonds. The normalized spacial score (nSPS) is 13.0. The molecule has 0 aliphatic heterocycles. The fourth-order valence-electron chi connectivity index (χ4n) is 0.577. The Kier molecular flexibility index (Phi) is 4.88. The van der Waals surface area contributed by atoms with Crippen LogP contribution in [0.2, 0.25) is 0 Å². The number of nitrogens with one attached hydrogen (secondary N) is 1. The fourth-order valence-corrected chi connectivity index (χ4v) is 0.577. The maximum absolute atomic E-state index is 9.98. The predicted molar refractivity (Wildman–Crippen MR) is 36.7 cm³/mol. The van der Waals surface area contributed by atoms with Crippen LogP contribution in [0.1, 0.15) is 13.3 Å². The molecule has 0 spiro atoms. The van der Waals surface area contributed by atoms with Crippen molar-refractivity contribution in [1.29, 1.82) is 0 Å². The second-order valence-corrected chi connectivity index (χ2v) is 1.89. The summed E-state index contributed by atoms with van der Waals surface area (Å²) in [4.78, 5) is 9.98. The Morgan fingerprint density at radius 2 is 2.40 bits per heavy atom. The van der Waals surface area contributed by atoms with E-state index in [2.05, 4.69) is 5.32 Å². The molecule has 0 aromatic rings. The summed E-state index contributed by atoms with van der Waals surface area (Å²) in [5.74, 6) is -0.936. The quantitative estimate of drug-likeness (QED) is 0.539. The lowest BCUT2D eigenvalue weighted by molar-refractivity contribution is -0.145. The monoisotopic (exact) mass is 147 g/mol. The van der Waals surface area contributed by atoms with Gasteiger partial charge in [0.25, 0.3) is 0 Å². The lowest BCUT2D eigenvalue weighted by Gasteiger charge is -2.12. The zero-order chi connectivity index (χ0) is 7.98. The van der Waals surface area contributed by atoms with Crippen LogP contribution in [0.5, 0.6) is 0 Å². The van der Waals surface area contributed by atoms with Crippen LogP contribution in [0.15, 0.2) is 0 Å². The van der Waals surface area contributed by atoms with Crippen LogP contribution in [0.25, 0.3) is 0 Å². The third kappa shape index (κ3) is 4.29. The van der Waals surface area contributed by atoms with E-state index in [1.807, 2.05) is 6.92 Å². The second-order valence-electron chi connectivity index (χ2n) is 1.89. The van der Waals surface area contributed by atoms with Crippen molar-refractivity contribution in [3.8, 4) is 0 Å². The fraction of sp³-hybridized carbons (Fsp3) is 0.833. The van der Waals surface area contributed by atoms with E-state index in [1.54, 1.807) is 7.05 Å². The molecule has 0 aliphatic rings. The summed E-state index contributed by atoms with van der Waals surface area (Å²) in [5, 5.41) is 11.0. The molecular formula is C6H13NO3. The summed E-state index contributed by atoms with van der Waals surface area (Å²) in [6, 6.07) is 0. The minimum atomic E-state index is -0.936. The van der Waals surface area contributed by atoms with Crippen LogP contribution >= 0.6 is 0 Å². The summed E-state index contributed by atoms with van der Waals surface area (Å²) in [7, 11) is 1.73. The highest BCUT2D eigenvalue weighted by atomic mass is 16.5. The summed E-state index contributed by atoms with van der Waals surface area (Å²) >= 11 is 0. The molecule has 10 heavy (non-hydrogen) atoms. The Labute approximate surface area is 60.2 Å². The van der Waals surface area contributed by atoms with Crippen molar-refractivity contribution in [3.05, 3.63) is 0 Å². The van der Waals surface area contributed by atoms with Crippen LogP contribution in [0, 0.1) is 0 Å². The van der Waals surface area contributed by atoms with Crippen molar-refractivity contribution in [1.82, 2.24) is 5.32 Å². The standard InChI is InChI=1S/C6H13NO3/c1-3-5(7-2)10-4-6(8)9/h5,7H,3-4H2,1-2H3,(H,8,9). The minimum absolute atomic E-state index is 0.143. The highest BCUT2D eigenvalue weighted by molar-refractivity contribution is 5.68. The molecule has 0 bridgehead atoms. The van der Waals surface area contributed by atoms with E-state index < -0.39 is 5.97 Å². The van der Waals surface area contributed by atoms with Crippen molar-refractivity contribution < 1.29 is 14.6 Å². The maximum atomic E-state index is 9.98. The molecule has 0 aromatic heterocycles. The minimum Gasteiger partial charge on any atom is -0.480 e. The SMILES string of the molecule is CCC(NC)OCC(=O)O. The molecule has 4 heteroatoms. The van der Waals surface area contributed by atoms with E-state index in [1.165, 1.54) is 0 Å². The topological polar surface area (TPSA) is 58.6 Å². The molecule has 4 nitrogen and oxygen atoms in total. The first kappa shape index (κ1) is 9.39. The highest BCUT2D eigenvalue weighted by Gasteiger charge is 2.04. The highest BCUT2D eigenvalue weighted by Crippen LogP contribution is 1.90. The molecule has 0 heterocycles. The van der Waals surface area contributed by atoms with E-state index in [0.717, 1.165) is 6.42 Å². The molecule has 60 valence electrons. The van der Waals surface area contributed by atoms with Gasteiger partial charge in [0.1, 0.15) is 12.8 Å². The number of carboxylic acid groups (broad SMARTS) is 1. The smallest absolute Gasteiger partial charge is 0.329 e. The van der Waals surface area contributed by atoms with Gasteiger partial charge in [-0.3, -0.25) is 5.32 Å². The van der Waals surface area contributed by atoms with Crippen LogP contribution < -0.4 is 5.32 Å². The van der Waals surface area contributed by atoms with Gasteiger partial charge in [0.2, 0.25) is 0 Å². The lowest BCUT2D eigenvalue weighted by atomic mass is 10.4. The Bertz CT molecular complexity index is 101. The molecule has 0 fully saturated rings. The van der Waals surface area contributed by atoms with Crippen molar-refractivity contribution in [2.24, 2.45) is 0 Å². The number of carbonyl (C=O) groups is 1. The first-order valence-corrected chi connectivity index (χ1v) is 3.21. The van der Waals surface area contributed by atoms with Gasteiger partial charge in [-0.25, -0.2) is 4.79 Å². The summed E-state index contributed by atoms with van der Waals surface area (Å²) in [5.41, 5.74) is 0. The van der Waals surface area contributed by atoms with Crippen molar-refractivity contribution in [2.45, 2.75) is 19.6 Å². The number of carboxylic acids is 1.